The number of benzene rings is 1. The summed E-state index contributed by atoms with van der Waals surface area (Å²) in [7, 11) is 0. The van der Waals surface area contributed by atoms with Crippen LogP contribution in [0.5, 0.6) is 0 Å². The van der Waals surface area contributed by atoms with Gasteiger partial charge in [0.1, 0.15) is 0 Å². The first-order chi connectivity index (χ1) is 10.1. The molecule has 0 spiro atoms. The van der Waals surface area contributed by atoms with Gasteiger partial charge in [0.15, 0.2) is 0 Å². The van der Waals surface area contributed by atoms with Crippen LogP contribution in [0.25, 0.3) is 0 Å². The summed E-state index contributed by atoms with van der Waals surface area (Å²) in [6, 6.07) is 9.77. The van der Waals surface area contributed by atoms with Crippen molar-refractivity contribution in [2.45, 2.75) is 69.3 Å². The molecule has 1 aromatic carbocycles. The molecule has 2 fully saturated rings. The molecule has 0 amide bonds. The van der Waals surface area contributed by atoms with Crippen molar-refractivity contribution in [3.63, 3.8) is 0 Å². The molecule has 2 heterocycles. The fraction of sp³-hybridized carbons (Fsp3) is 0.647. The molecule has 2 aliphatic heterocycles. The minimum atomic E-state index is -0.128. The molecule has 0 aromatic heterocycles. The molecule has 3 N–H and O–H groups in total. The standard InChI is InChI=1S/C17H25BrN2O/c1-2-16(19)17(14-5-3-4-6-15(14)18)20-11-7-8-12(20)10-13(21)9-11/h3-6,11-13,16-17,21H,2,7-10,19H2,1H3. The van der Waals surface area contributed by atoms with E-state index < -0.39 is 0 Å². The zero-order valence-corrected chi connectivity index (χ0v) is 14.2. The number of fused-ring (bicyclic) bond motifs is 2. The van der Waals surface area contributed by atoms with Gasteiger partial charge in [0.25, 0.3) is 0 Å². The number of rotatable bonds is 4. The van der Waals surface area contributed by atoms with Gasteiger partial charge >= 0.3 is 0 Å². The van der Waals surface area contributed by atoms with E-state index in [-0.39, 0.29) is 18.2 Å². The van der Waals surface area contributed by atoms with E-state index in [1.807, 2.05) is 0 Å². The SMILES string of the molecule is CCC(N)C(c1ccccc1Br)N1C2CCC1CC(O)C2. The number of nitrogens with two attached hydrogens (primary N) is 1. The largest absolute Gasteiger partial charge is 0.393 e. The van der Waals surface area contributed by atoms with Crippen LogP contribution < -0.4 is 5.73 Å². The van der Waals surface area contributed by atoms with E-state index in [1.54, 1.807) is 0 Å². The number of piperidine rings is 1. The Balaban J connectivity index is 1.96. The molecule has 4 heteroatoms. The van der Waals surface area contributed by atoms with E-state index in [9.17, 15) is 5.11 Å². The lowest BCUT2D eigenvalue weighted by molar-refractivity contribution is 0.00213. The summed E-state index contributed by atoms with van der Waals surface area (Å²) in [4.78, 5) is 2.61. The molecule has 116 valence electrons. The molecule has 21 heavy (non-hydrogen) atoms. The third-order valence-corrected chi connectivity index (χ3v) is 5.91. The van der Waals surface area contributed by atoms with Crippen molar-refractivity contribution in [1.29, 1.82) is 0 Å². The fourth-order valence-electron chi connectivity index (χ4n) is 4.19. The molecule has 0 saturated carbocycles. The predicted molar refractivity (Wildman–Crippen MR) is 89.0 cm³/mol. The molecule has 2 bridgehead atoms. The number of aliphatic hydroxyl groups excluding tert-OH is 1. The number of halogens is 1. The van der Waals surface area contributed by atoms with Crippen molar-refractivity contribution in [2.24, 2.45) is 5.73 Å². The van der Waals surface area contributed by atoms with Gasteiger partial charge in [-0.3, -0.25) is 4.90 Å². The van der Waals surface area contributed by atoms with Crippen molar-refractivity contribution < 1.29 is 5.11 Å². The lowest BCUT2D eigenvalue weighted by Crippen LogP contribution is -2.51. The van der Waals surface area contributed by atoms with Gasteiger partial charge in [0.2, 0.25) is 0 Å². The maximum atomic E-state index is 10.0. The summed E-state index contributed by atoms with van der Waals surface area (Å²) in [5.74, 6) is 0. The summed E-state index contributed by atoms with van der Waals surface area (Å²) in [5, 5.41) is 10.0. The second-order valence-electron chi connectivity index (χ2n) is 6.50. The van der Waals surface area contributed by atoms with Crippen molar-refractivity contribution in [3.8, 4) is 0 Å². The van der Waals surface area contributed by atoms with Crippen LogP contribution in [0.2, 0.25) is 0 Å². The van der Waals surface area contributed by atoms with Gasteiger partial charge in [-0.25, -0.2) is 0 Å². The predicted octanol–water partition coefficient (Wildman–Crippen LogP) is 3.22. The maximum absolute atomic E-state index is 10.0. The van der Waals surface area contributed by atoms with Gasteiger partial charge in [-0.05, 0) is 43.7 Å². The minimum absolute atomic E-state index is 0.127. The highest BCUT2D eigenvalue weighted by Gasteiger charge is 2.45. The number of hydrogen-bond acceptors (Lipinski definition) is 3. The van der Waals surface area contributed by atoms with Gasteiger partial charge in [0, 0.05) is 22.6 Å². The smallest absolute Gasteiger partial charge is 0.0570 e. The Morgan fingerprint density at radius 3 is 2.48 bits per heavy atom. The first-order valence-electron chi connectivity index (χ1n) is 8.07. The highest BCUT2D eigenvalue weighted by Crippen LogP contribution is 2.44. The van der Waals surface area contributed by atoms with Crippen LogP contribution in [0, 0.1) is 0 Å². The highest BCUT2D eigenvalue weighted by molar-refractivity contribution is 9.10. The van der Waals surface area contributed by atoms with E-state index in [4.69, 9.17) is 5.73 Å². The Labute approximate surface area is 135 Å². The van der Waals surface area contributed by atoms with Gasteiger partial charge in [-0.1, -0.05) is 41.1 Å². The summed E-state index contributed by atoms with van der Waals surface area (Å²) in [5.41, 5.74) is 7.80. The lowest BCUT2D eigenvalue weighted by Gasteiger charge is -2.45. The van der Waals surface area contributed by atoms with Crippen molar-refractivity contribution in [3.05, 3.63) is 34.3 Å². The zero-order chi connectivity index (χ0) is 15.0. The van der Waals surface area contributed by atoms with E-state index in [0.29, 0.717) is 12.1 Å². The van der Waals surface area contributed by atoms with Crippen LogP contribution >= 0.6 is 15.9 Å². The van der Waals surface area contributed by atoms with E-state index >= 15 is 0 Å². The number of hydrogen-bond donors (Lipinski definition) is 2. The average molecular weight is 353 g/mol. The third-order valence-electron chi connectivity index (χ3n) is 5.19. The molecule has 2 aliphatic rings. The van der Waals surface area contributed by atoms with Crippen LogP contribution in [0.15, 0.2) is 28.7 Å². The number of aliphatic hydroxyl groups is 1. The molecular formula is C17H25BrN2O. The van der Waals surface area contributed by atoms with E-state index in [2.05, 4.69) is 52.0 Å². The van der Waals surface area contributed by atoms with Gasteiger partial charge < -0.3 is 10.8 Å². The van der Waals surface area contributed by atoms with Crippen LogP contribution in [0.3, 0.4) is 0 Å². The van der Waals surface area contributed by atoms with Crippen LogP contribution in [0.1, 0.15) is 50.6 Å². The Morgan fingerprint density at radius 1 is 1.29 bits per heavy atom. The monoisotopic (exact) mass is 352 g/mol. The summed E-state index contributed by atoms with van der Waals surface area (Å²) < 4.78 is 1.14. The minimum Gasteiger partial charge on any atom is -0.393 e. The second-order valence-corrected chi connectivity index (χ2v) is 7.35. The Kier molecular flexibility index (Phi) is 4.69. The van der Waals surface area contributed by atoms with Gasteiger partial charge in [0.05, 0.1) is 12.1 Å². The Hall–Kier alpha value is -0.420. The number of nitrogens with zero attached hydrogens (tertiary/aromatic N) is 1. The van der Waals surface area contributed by atoms with Crippen LogP contribution in [-0.4, -0.2) is 34.2 Å². The Bertz CT molecular complexity index is 481. The molecule has 4 atom stereocenters. The van der Waals surface area contributed by atoms with Gasteiger partial charge in [-0.15, -0.1) is 0 Å². The average Bonchev–Trinajstić information content (AvgIpc) is 2.73. The second kappa shape index (κ2) is 6.37. The normalized spacial score (nSPS) is 32.1. The first kappa shape index (κ1) is 15.5. The molecule has 0 radical (unpaired) electrons. The topological polar surface area (TPSA) is 49.5 Å². The van der Waals surface area contributed by atoms with Gasteiger partial charge in [-0.2, -0.15) is 0 Å². The first-order valence-corrected chi connectivity index (χ1v) is 8.86. The van der Waals surface area contributed by atoms with Crippen molar-refractivity contribution in [1.82, 2.24) is 4.90 Å². The highest BCUT2D eigenvalue weighted by atomic mass is 79.9. The van der Waals surface area contributed by atoms with Crippen molar-refractivity contribution >= 4 is 15.9 Å². The quantitative estimate of drug-likeness (QED) is 0.874. The van der Waals surface area contributed by atoms with E-state index in [1.165, 1.54) is 18.4 Å². The molecule has 4 unspecified atom stereocenters. The molecule has 2 saturated heterocycles. The van der Waals surface area contributed by atoms with Crippen LogP contribution in [-0.2, 0) is 0 Å². The Morgan fingerprint density at radius 2 is 1.90 bits per heavy atom. The fourth-order valence-corrected chi connectivity index (χ4v) is 4.71. The molecule has 0 aliphatic carbocycles. The summed E-state index contributed by atoms with van der Waals surface area (Å²) in [6.45, 7) is 2.16. The lowest BCUT2D eigenvalue weighted by atomic mass is 9.90. The summed E-state index contributed by atoms with van der Waals surface area (Å²) >= 11 is 3.70. The van der Waals surface area contributed by atoms with E-state index in [0.717, 1.165) is 23.7 Å². The molecule has 1 aromatic rings. The van der Waals surface area contributed by atoms with Crippen LogP contribution in [0.4, 0.5) is 0 Å². The third kappa shape index (κ3) is 2.91. The molecular weight excluding hydrogens is 328 g/mol. The maximum Gasteiger partial charge on any atom is 0.0570 e. The zero-order valence-electron chi connectivity index (χ0n) is 12.6. The summed E-state index contributed by atoms with van der Waals surface area (Å²) in [6.07, 6.45) is 5.02. The molecule has 3 nitrogen and oxygen atoms in total. The molecule has 3 rings (SSSR count). The van der Waals surface area contributed by atoms with Crippen molar-refractivity contribution in [2.75, 3.05) is 0 Å².